The first-order valence-corrected chi connectivity index (χ1v) is 5.21. The molecule has 14 heavy (non-hydrogen) atoms. The molecule has 0 aliphatic rings. The van der Waals surface area contributed by atoms with E-state index in [2.05, 4.69) is 4.74 Å². The van der Waals surface area contributed by atoms with Crippen molar-refractivity contribution in [3.05, 3.63) is 32.1 Å². The van der Waals surface area contributed by atoms with E-state index in [0.29, 0.717) is 9.13 Å². The molecule has 0 saturated carbocycles. The van der Waals surface area contributed by atoms with E-state index < -0.39 is 5.97 Å². The van der Waals surface area contributed by atoms with Crippen LogP contribution in [0, 0.1) is 9.39 Å². The first-order valence-electron chi connectivity index (χ1n) is 3.75. The van der Waals surface area contributed by atoms with Gasteiger partial charge < -0.3 is 4.74 Å². The van der Waals surface area contributed by atoms with E-state index in [-0.39, 0.29) is 17.3 Å². The molecule has 0 N–H and O–H groups in total. The molecule has 76 valence electrons. The van der Waals surface area contributed by atoms with Gasteiger partial charge in [-0.05, 0) is 34.2 Å². The molecule has 0 radical (unpaired) electrons. The van der Waals surface area contributed by atoms with Crippen LogP contribution in [0.25, 0.3) is 0 Å². The molecule has 0 atom stereocenters. The minimum atomic E-state index is -0.394. The third-order valence-electron chi connectivity index (χ3n) is 1.68. The summed E-state index contributed by atoms with van der Waals surface area (Å²) in [5.41, 5.74) is 0.573. The highest BCUT2D eigenvalue weighted by atomic mass is 127. The zero-order valence-corrected chi connectivity index (χ0v) is 10.2. The Kier molecular flexibility index (Phi) is 4.12. The maximum atomic E-state index is 13.0. The van der Waals surface area contributed by atoms with Gasteiger partial charge in [-0.1, -0.05) is 17.7 Å². The van der Waals surface area contributed by atoms with Gasteiger partial charge in [-0.15, -0.1) is 0 Å². The van der Waals surface area contributed by atoms with Crippen LogP contribution in [0.1, 0.15) is 5.56 Å². The molecule has 1 aromatic rings. The van der Waals surface area contributed by atoms with Crippen molar-refractivity contribution in [2.24, 2.45) is 0 Å². The first-order chi connectivity index (χ1) is 6.56. The van der Waals surface area contributed by atoms with Gasteiger partial charge in [-0.3, -0.25) is 4.79 Å². The van der Waals surface area contributed by atoms with Crippen LogP contribution in [0.3, 0.4) is 0 Å². The monoisotopic (exact) mass is 328 g/mol. The highest BCUT2D eigenvalue weighted by Crippen LogP contribution is 2.25. The Labute approximate surface area is 99.5 Å². The lowest BCUT2D eigenvalue weighted by atomic mass is 10.1. The Morgan fingerprint density at radius 1 is 1.64 bits per heavy atom. The number of hydrogen-bond acceptors (Lipinski definition) is 2. The Hall–Kier alpha value is -0.360. The van der Waals surface area contributed by atoms with E-state index in [1.165, 1.54) is 19.2 Å². The fourth-order valence-corrected chi connectivity index (χ4v) is 1.68. The predicted octanol–water partition coefficient (Wildman–Crippen LogP) is 2.80. The van der Waals surface area contributed by atoms with Crippen LogP contribution in [-0.4, -0.2) is 13.1 Å². The maximum Gasteiger partial charge on any atom is 0.310 e. The second-order valence-corrected chi connectivity index (χ2v) is 4.04. The summed E-state index contributed by atoms with van der Waals surface area (Å²) in [5.74, 6) is -0.779. The van der Waals surface area contributed by atoms with Gasteiger partial charge in [0.2, 0.25) is 0 Å². The Morgan fingerprint density at radius 3 is 2.86 bits per heavy atom. The Bertz CT molecular complexity index is 368. The SMILES string of the molecule is COC(=O)Cc1ccc(F)c(I)c1Cl. The fourth-order valence-electron chi connectivity index (χ4n) is 0.930. The Morgan fingerprint density at radius 2 is 2.29 bits per heavy atom. The number of benzene rings is 1. The second kappa shape index (κ2) is 4.93. The molecule has 0 bridgehead atoms. The molecular weight excluding hydrogens is 321 g/mol. The molecule has 1 aromatic carbocycles. The Balaban J connectivity index is 3.00. The molecule has 2 nitrogen and oxygen atoms in total. The topological polar surface area (TPSA) is 26.3 Å². The lowest BCUT2D eigenvalue weighted by Crippen LogP contribution is -2.05. The van der Waals surface area contributed by atoms with Crippen molar-refractivity contribution in [2.75, 3.05) is 7.11 Å². The standard InChI is InChI=1S/C9H7ClFIO2/c1-14-7(13)4-5-2-3-6(11)9(12)8(5)10/h2-3H,4H2,1H3. The summed E-state index contributed by atoms with van der Waals surface area (Å²) in [6.45, 7) is 0. The molecule has 5 heteroatoms. The lowest BCUT2D eigenvalue weighted by Gasteiger charge is -2.05. The van der Waals surface area contributed by atoms with Crippen molar-refractivity contribution in [1.29, 1.82) is 0 Å². The van der Waals surface area contributed by atoms with E-state index in [0.717, 1.165) is 0 Å². The molecular formula is C9H7ClFIO2. The number of methoxy groups -OCH3 is 1. The highest BCUT2D eigenvalue weighted by molar-refractivity contribution is 14.1. The number of carbonyl (C=O) groups is 1. The second-order valence-electron chi connectivity index (χ2n) is 2.59. The van der Waals surface area contributed by atoms with Crippen molar-refractivity contribution in [3.63, 3.8) is 0 Å². The van der Waals surface area contributed by atoms with Crippen LogP contribution < -0.4 is 0 Å². The quantitative estimate of drug-likeness (QED) is 0.474. The largest absolute Gasteiger partial charge is 0.469 e. The molecule has 0 fully saturated rings. The van der Waals surface area contributed by atoms with Crippen LogP contribution in [0.5, 0.6) is 0 Å². The normalized spacial score (nSPS) is 10.0. The minimum absolute atomic E-state index is 0.0611. The van der Waals surface area contributed by atoms with E-state index in [9.17, 15) is 9.18 Å². The van der Waals surface area contributed by atoms with Crippen molar-refractivity contribution < 1.29 is 13.9 Å². The summed E-state index contributed by atoms with van der Waals surface area (Å²) >= 11 is 7.64. The van der Waals surface area contributed by atoms with Crippen LogP contribution in [-0.2, 0) is 16.0 Å². The smallest absolute Gasteiger partial charge is 0.310 e. The van der Waals surface area contributed by atoms with Crippen LogP contribution in [0.15, 0.2) is 12.1 Å². The third-order valence-corrected chi connectivity index (χ3v) is 3.48. The summed E-state index contributed by atoms with van der Waals surface area (Å²) in [6, 6.07) is 2.77. The van der Waals surface area contributed by atoms with Crippen molar-refractivity contribution in [1.82, 2.24) is 0 Å². The fraction of sp³-hybridized carbons (Fsp3) is 0.222. The molecule has 0 heterocycles. The van der Waals surface area contributed by atoms with Crippen molar-refractivity contribution in [3.8, 4) is 0 Å². The first kappa shape index (κ1) is 11.7. The molecule has 0 unspecified atom stereocenters. The number of hydrogen-bond donors (Lipinski definition) is 0. The van der Waals surface area contributed by atoms with Crippen molar-refractivity contribution >= 4 is 40.2 Å². The number of ether oxygens (including phenoxy) is 1. The van der Waals surface area contributed by atoms with Gasteiger partial charge in [-0.2, -0.15) is 0 Å². The van der Waals surface area contributed by atoms with Crippen molar-refractivity contribution in [2.45, 2.75) is 6.42 Å². The summed E-state index contributed by atoms with van der Waals surface area (Å²) in [7, 11) is 1.30. The summed E-state index contributed by atoms with van der Waals surface area (Å²) in [6.07, 6.45) is 0.0611. The van der Waals surface area contributed by atoms with Gasteiger partial charge >= 0.3 is 5.97 Å². The van der Waals surface area contributed by atoms with Crippen LogP contribution in [0.4, 0.5) is 4.39 Å². The zero-order chi connectivity index (χ0) is 10.7. The summed E-state index contributed by atoms with van der Waals surface area (Å²) in [5, 5.41) is 0.274. The minimum Gasteiger partial charge on any atom is -0.469 e. The molecule has 1 rings (SSSR count). The molecule has 0 aliphatic carbocycles. The average molecular weight is 329 g/mol. The van der Waals surface area contributed by atoms with E-state index in [4.69, 9.17) is 11.6 Å². The van der Waals surface area contributed by atoms with Gasteiger partial charge in [0.05, 0.1) is 22.1 Å². The number of carbonyl (C=O) groups excluding carboxylic acids is 1. The van der Waals surface area contributed by atoms with Crippen LogP contribution >= 0.6 is 34.2 Å². The van der Waals surface area contributed by atoms with E-state index in [1.54, 1.807) is 22.6 Å². The third kappa shape index (κ3) is 2.57. The molecule has 0 spiro atoms. The number of rotatable bonds is 2. The lowest BCUT2D eigenvalue weighted by molar-refractivity contribution is -0.139. The predicted molar refractivity (Wildman–Crippen MR) is 59.8 cm³/mol. The van der Waals surface area contributed by atoms with Gasteiger partial charge in [0.1, 0.15) is 5.82 Å². The highest BCUT2D eigenvalue weighted by Gasteiger charge is 2.12. The molecule has 0 saturated heterocycles. The summed E-state index contributed by atoms with van der Waals surface area (Å²) < 4.78 is 17.8. The van der Waals surface area contributed by atoms with E-state index >= 15 is 0 Å². The van der Waals surface area contributed by atoms with Gasteiger partial charge in [-0.25, -0.2) is 4.39 Å². The number of esters is 1. The van der Waals surface area contributed by atoms with Gasteiger partial charge in [0, 0.05) is 0 Å². The maximum absolute atomic E-state index is 13.0. The zero-order valence-electron chi connectivity index (χ0n) is 7.31. The average Bonchev–Trinajstić information content (AvgIpc) is 2.19. The van der Waals surface area contributed by atoms with Gasteiger partial charge in [0.15, 0.2) is 0 Å². The summed E-state index contributed by atoms with van der Waals surface area (Å²) in [4.78, 5) is 11.0. The molecule has 0 aliphatic heterocycles. The molecule has 0 aromatic heterocycles. The van der Waals surface area contributed by atoms with Crippen LogP contribution in [0.2, 0.25) is 5.02 Å². The van der Waals surface area contributed by atoms with E-state index in [1.807, 2.05) is 0 Å². The molecule has 0 amide bonds. The van der Waals surface area contributed by atoms with Gasteiger partial charge in [0.25, 0.3) is 0 Å². The number of halogens is 3.